The van der Waals surface area contributed by atoms with Crippen molar-refractivity contribution in [2.75, 3.05) is 5.32 Å². The molecule has 0 aliphatic heterocycles. The van der Waals surface area contributed by atoms with Gasteiger partial charge in [-0.15, -0.1) is 10.2 Å². The number of nitrogens with one attached hydrogen (secondary N) is 1. The Labute approximate surface area is 145 Å². The van der Waals surface area contributed by atoms with Crippen molar-refractivity contribution in [3.05, 3.63) is 54.2 Å². The van der Waals surface area contributed by atoms with Gasteiger partial charge in [0.2, 0.25) is 0 Å². The molecule has 1 aliphatic rings. The van der Waals surface area contributed by atoms with Crippen molar-refractivity contribution in [2.24, 2.45) is 7.05 Å². The van der Waals surface area contributed by atoms with Gasteiger partial charge in [-0.2, -0.15) is 5.10 Å². The third-order valence-electron chi connectivity index (χ3n) is 4.76. The van der Waals surface area contributed by atoms with Crippen molar-refractivity contribution >= 4 is 11.7 Å². The van der Waals surface area contributed by atoms with Crippen LogP contribution in [0.25, 0.3) is 5.69 Å². The highest BCUT2D eigenvalue weighted by molar-refractivity contribution is 6.03. The van der Waals surface area contributed by atoms with Crippen LogP contribution in [0.3, 0.4) is 0 Å². The van der Waals surface area contributed by atoms with E-state index in [1.54, 1.807) is 34.0 Å². The van der Waals surface area contributed by atoms with Crippen LogP contribution in [0.1, 0.15) is 47.7 Å². The summed E-state index contributed by atoms with van der Waals surface area (Å²) in [6.45, 7) is 0. The van der Waals surface area contributed by atoms with Crippen LogP contribution >= 0.6 is 0 Å². The molecule has 0 radical (unpaired) electrons. The molecule has 1 N–H and O–H groups in total. The van der Waals surface area contributed by atoms with Crippen LogP contribution in [0.4, 0.5) is 5.82 Å². The Morgan fingerprint density at radius 2 is 1.80 bits per heavy atom. The van der Waals surface area contributed by atoms with Gasteiger partial charge in [0.15, 0.2) is 0 Å². The number of hydrogen-bond donors (Lipinski definition) is 1. The van der Waals surface area contributed by atoms with Crippen molar-refractivity contribution in [3.63, 3.8) is 0 Å². The van der Waals surface area contributed by atoms with Crippen LogP contribution in [-0.2, 0) is 7.05 Å². The average molecular weight is 336 g/mol. The van der Waals surface area contributed by atoms with Crippen LogP contribution < -0.4 is 5.32 Å². The van der Waals surface area contributed by atoms with Gasteiger partial charge in [0.1, 0.15) is 18.5 Å². The SMILES string of the molecule is Cn1nc(C2CCCC2)cc1NC(=O)c1ccc(-n2cnnc2)cc1. The zero-order valence-corrected chi connectivity index (χ0v) is 14.1. The summed E-state index contributed by atoms with van der Waals surface area (Å²) in [6.07, 6.45) is 8.15. The van der Waals surface area contributed by atoms with Crippen LogP contribution in [0.15, 0.2) is 43.0 Å². The first-order chi connectivity index (χ1) is 12.2. The fraction of sp³-hybridized carbons (Fsp3) is 0.333. The van der Waals surface area contributed by atoms with E-state index in [9.17, 15) is 4.79 Å². The smallest absolute Gasteiger partial charge is 0.256 e. The number of carbonyl (C=O) groups excluding carboxylic acids is 1. The lowest BCUT2D eigenvalue weighted by molar-refractivity contribution is 0.102. The lowest BCUT2D eigenvalue weighted by Crippen LogP contribution is -2.14. The van der Waals surface area contributed by atoms with Gasteiger partial charge in [-0.05, 0) is 37.1 Å². The maximum atomic E-state index is 12.5. The molecule has 3 aromatic rings. The number of carbonyl (C=O) groups is 1. The maximum absolute atomic E-state index is 12.5. The molecule has 2 heterocycles. The first kappa shape index (κ1) is 15.6. The molecule has 1 aromatic carbocycles. The molecule has 4 rings (SSSR count). The number of hydrogen-bond acceptors (Lipinski definition) is 4. The molecule has 7 heteroatoms. The normalized spacial score (nSPS) is 14.8. The number of anilines is 1. The molecule has 7 nitrogen and oxygen atoms in total. The predicted octanol–water partition coefficient (Wildman–Crippen LogP) is 2.91. The summed E-state index contributed by atoms with van der Waals surface area (Å²) in [5.74, 6) is 1.12. The Morgan fingerprint density at radius 1 is 1.12 bits per heavy atom. The van der Waals surface area contributed by atoms with Gasteiger partial charge in [0.25, 0.3) is 5.91 Å². The molecule has 1 fully saturated rings. The molecule has 1 saturated carbocycles. The van der Waals surface area contributed by atoms with Gasteiger partial charge in [0, 0.05) is 30.3 Å². The van der Waals surface area contributed by atoms with E-state index in [0.717, 1.165) is 17.2 Å². The predicted molar refractivity (Wildman–Crippen MR) is 93.7 cm³/mol. The number of amides is 1. The van der Waals surface area contributed by atoms with Gasteiger partial charge in [-0.1, -0.05) is 12.8 Å². The summed E-state index contributed by atoms with van der Waals surface area (Å²) < 4.78 is 3.54. The van der Waals surface area contributed by atoms with E-state index in [4.69, 9.17) is 0 Å². The lowest BCUT2D eigenvalue weighted by atomic mass is 10.0. The minimum absolute atomic E-state index is 0.142. The van der Waals surface area contributed by atoms with E-state index in [1.807, 2.05) is 25.2 Å². The highest BCUT2D eigenvalue weighted by Gasteiger charge is 2.21. The summed E-state index contributed by atoms with van der Waals surface area (Å²) in [7, 11) is 1.86. The van der Waals surface area contributed by atoms with Gasteiger partial charge in [-0.25, -0.2) is 0 Å². The molecule has 0 spiro atoms. The standard InChI is InChI=1S/C18H20N6O/c1-23-17(10-16(22-23)13-4-2-3-5-13)21-18(25)14-6-8-15(9-7-14)24-11-19-20-12-24/h6-13H,2-5H2,1H3,(H,21,25). The number of benzene rings is 1. The molecule has 128 valence electrons. The van der Waals surface area contributed by atoms with E-state index in [-0.39, 0.29) is 5.91 Å². The van der Waals surface area contributed by atoms with Crippen molar-refractivity contribution in [1.29, 1.82) is 0 Å². The molecule has 2 aromatic heterocycles. The Morgan fingerprint density at radius 3 is 2.48 bits per heavy atom. The molecular weight excluding hydrogens is 316 g/mol. The van der Waals surface area contributed by atoms with Gasteiger partial charge < -0.3 is 5.32 Å². The first-order valence-electron chi connectivity index (χ1n) is 8.51. The second kappa shape index (κ2) is 6.51. The first-order valence-corrected chi connectivity index (χ1v) is 8.51. The van der Waals surface area contributed by atoms with Crippen LogP contribution in [0.2, 0.25) is 0 Å². The summed E-state index contributed by atoms with van der Waals surface area (Å²) in [4.78, 5) is 12.5. The fourth-order valence-corrected chi connectivity index (χ4v) is 3.33. The molecule has 0 bridgehead atoms. The summed E-state index contributed by atoms with van der Waals surface area (Å²) in [5.41, 5.74) is 2.59. The van der Waals surface area contributed by atoms with Crippen LogP contribution in [0, 0.1) is 0 Å². The van der Waals surface area contributed by atoms with E-state index in [2.05, 4.69) is 20.6 Å². The molecule has 0 saturated heterocycles. The second-order valence-corrected chi connectivity index (χ2v) is 6.43. The Bertz CT molecular complexity index is 860. The highest BCUT2D eigenvalue weighted by Crippen LogP contribution is 2.34. The Hall–Kier alpha value is -2.96. The minimum atomic E-state index is -0.142. The summed E-state index contributed by atoms with van der Waals surface area (Å²) in [5, 5.41) is 15.1. The minimum Gasteiger partial charge on any atom is -0.307 e. The van der Waals surface area contributed by atoms with Crippen LogP contribution in [0.5, 0.6) is 0 Å². The van der Waals surface area contributed by atoms with Gasteiger partial charge in [-0.3, -0.25) is 14.0 Å². The molecule has 25 heavy (non-hydrogen) atoms. The Kier molecular flexibility index (Phi) is 4.05. The zero-order chi connectivity index (χ0) is 17.2. The maximum Gasteiger partial charge on any atom is 0.256 e. The van der Waals surface area contributed by atoms with Crippen LogP contribution in [-0.4, -0.2) is 30.5 Å². The number of rotatable bonds is 4. The average Bonchev–Trinajstić information content (AvgIpc) is 3.38. The van der Waals surface area contributed by atoms with Crippen molar-refractivity contribution in [3.8, 4) is 5.69 Å². The quantitative estimate of drug-likeness (QED) is 0.794. The second-order valence-electron chi connectivity index (χ2n) is 6.43. The number of aromatic nitrogens is 5. The summed E-state index contributed by atoms with van der Waals surface area (Å²) in [6, 6.07) is 9.31. The number of aryl methyl sites for hydroxylation is 1. The van der Waals surface area contributed by atoms with Crippen molar-refractivity contribution in [2.45, 2.75) is 31.6 Å². The lowest BCUT2D eigenvalue weighted by Gasteiger charge is -2.06. The molecule has 0 unspecified atom stereocenters. The van der Waals surface area contributed by atoms with Gasteiger partial charge in [0.05, 0.1) is 5.69 Å². The monoisotopic (exact) mass is 336 g/mol. The van der Waals surface area contributed by atoms with E-state index in [1.165, 1.54) is 25.7 Å². The Balaban J connectivity index is 1.48. The van der Waals surface area contributed by atoms with Gasteiger partial charge >= 0.3 is 0 Å². The third-order valence-corrected chi connectivity index (χ3v) is 4.76. The fourth-order valence-electron chi connectivity index (χ4n) is 3.33. The molecular formula is C18H20N6O. The molecule has 1 aliphatic carbocycles. The summed E-state index contributed by atoms with van der Waals surface area (Å²) >= 11 is 0. The van der Waals surface area contributed by atoms with Crippen molar-refractivity contribution < 1.29 is 4.79 Å². The zero-order valence-electron chi connectivity index (χ0n) is 14.1. The van der Waals surface area contributed by atoms with E-state index >= 15 is 0 Å². The molecule has 0 atom stereocenters. The topological polar surface area (TPSA) is 77.6 Å². The van der Waals surface area contributed by atoms with Crippen molar-refractivity contribution in [1.82, 2.24) is 24.5 Å². The third kappa shape index (κ3) is 3.17. The molecule has 1 amide bonds. The van der Waals surface area contributed by atoms with E-state index in [0.29, 0.717) is 11.5 Å². The largest absolute Gasteiger partial charge is 0.307 e. The van der Waals surface area contributed by atoms with E-state index < -0.39 is 0 Å². The number of nitrogens with zero attached hydrogens (tertiary/aromatic N) is 5. The highest BCUT2D eigenvalue weighted by atomic mass is 16.1.